The number of nitrogens with one attached hydrogen (secondary N) is 1. The summed E-state index contributed by atoms with van der Waals surface area (Å²) in [5.41, 5.74) is 1.16. The molecule has 0 saturated carbocycles. The highest BCUT2D eigenvalue weighted by Gasteiger charge is 2.30. The summed E-state index contributed by atoms with van der Waals surface area (Å²) >= 11 is 0. The molecule has 0 aliphatic carbocycles. The molecule has 3 rings (SSSR count). The number of hydrogen-bond donors (Lipinski definition) is 1. The number of hydrogen-bond acceptors (Lipinski definition) is 7. The molecule has 0 radical (unpaired) electrons. The largest absolute Gasteiger partial charge is 0.493 e. The monoisotopic (exact) mass is 480 g/mol. The third-order valence-corrected chi connectivity index (χ3v) is 5.51. The summed E-state index contributed by atoms with van der Waals surface area (Å²) in [6, 6.07) is 12.3. The quantitative estimate of drug-likeness (QED) is 0.467. The summed E-state index contributed by atoms with van der Waals surface area (Å²) in [7, 11) is 3.08. The summed E-state index contributed by atoms with van der Waals surface area (Å²) in [6.45, 7) is 6.61. The number of nitriles is 1. The number of anilines is 1. The van der Waals surface area contributed by atoms with E-state index in [9.17, 15) is 14.9 Å². The molecule has 1 saturated heterocycles. The second kappa shape index (κ2) is 11.0. The van der Waals surface area contributed by atoms with Crippen LogP contribution in [-0.4, -0.2) is 60.8 Å². The fraction of sp³-hybridized carbons (Fsp3) is 0.423. The fourth-order valence-corrected chi connectivity index (χ4v) is 3.85. The number of carbonyl (C=O) groups is 2. The molecule has 2 aromatic carbocycles. The van der Waals surface area contributed by atoms with Gasteiger partial charge < -0.3 is 24.4 Å². The highest BCUT2D eigenvalue weighted by Crippen LogP contribution is 2.29. The lowest BCUT2D eigenvalue weighted by Gasteiger charge is -2.24. The van der Waals surface area contributed by atoms with E-state index in [0.29, 0.717) is 35.8 Å². The van der Waals surface area contributed by atoms with Gasteiger partial charge in [-0.1, -0.05) is 18.2 Å². The number of amides is 2. The van der Waals surface area contributed by atoms with Crippen LogP contribution in [0.2, 0.25) is 0 Å². The molecule has 1 fully saturated rings. The van der Waals surface area contributed by atoms with Gasteiger partial charge in [-0.2, -0.15) is 5.26 Å². The van der Waals surface area contributed by atoms with Crippen molar-refractivity contribution < 1.29 is 23.8 Å². The topological polar surface area (TPSA) is 104 Å². The van der Waals surface area contributed by atoms with Gasteiger partial charge in [-0.05, 0) is 57.0 Å². The number of carbonyl (C=O) groups excluding carboxylic acids is 2. The molecule has 1 N–H and O–H groups in total. The normalized spacial score (nSPS) is 15.2. The van der Waals surface area contributed by atoms with E-state index in [1.165, 1.54) is 7.11 Å². The van der Waals surface area contributed by atoms with Crippen LogP contribution in [-0.2, 0) is 11.3 Å². The first kappa shape index (κ1) is 25.7. The first-order valence-corrected chi connectivity index (χ1v) is 11.4. The molecule has 2 amide bonds. The van der Waals surface area contributed by atoms with Crippen molar-refractivity contribution in [2.24, 2.45) is 0 Å². The Balaban J connectivity index is 1.71. The van der Waals surface area contributed by atoms with Crippen molar-refractivity contribution in [3.8, 4) is 17.7 Å². The van der Waals surface area contributed by atoms with Crippen LogP contribution in [0.5, 0.6) is 11.5 Å². The second-order valence-electron chi connectivity index (χ2n) is 9.28. The minimum Gasteiger partial charge on any atom is -0.493 e. The van der Waals surface area contributed by atoms with E-state index in [-0.39, 0.29) is 18.7 Å². The number of methoxy groups -OCH3 is 2. The van der Waals surface area contributed by atoms with Crippen LogP contribution < -0.4 is 14.8 Å². The predicted molar refractivity (Wildman–Crippen MR) is 131 cm³/mol. The molecule has 9 heteroatoms. The smallest absolute Gasteiger partial charge is 0.410 e. The maximum absolute atomic E-state index is 13.3. The number of benzene rings is 2. The van der Waals surface area contributed by atoms with E-state index in [0.717, 1.165) is 16.9 Å². The average molecular weight is 481 g/mol. The maximum Gasteiger partial charge on any atom is 0.410 e. The average Bonchev–Trinajstić information content (AvgIpc) is 3.30. The van der Waals surface area contributed by atoms with Crippen molar-refractivity contribution in [1.82, 2.24) is 9.80 Å². The lowest BCUT2D eigenvalue weighted by atomic mass is 10.1. The molecule has 186 valence electrons. The van der Waals surface area contributed by atoms with Gasteiger partial charge in [-0.15, -0.1) is 0 Å². The number of para-hydroxylation sites is 1. The van der Waals surface area contributed by atoms with Gasteiger partial charge in [-0.3, -0.25) is 4.79 Å². The Morgan fingerprint density at radius 2 is 1.86 bits per heavy atom. The van der Waals surface area contributed by atoms with Crippen LogP contribution in [0, 0.1) is 11.5 Å². The van der Waals surface area contributed by atoms with Gasteiger partial charge in [0.15, 0.2) is 17.7 Å². The summed E-state index contributed by atoms with van der Waals surface area (Å²) in [5, 5.41) is 13.1. The molecule has 1 aliphatic heterocycles. The zero-order chi connectivity index (χ0) is 25.6. The predicted octanol–water partition coefficient (Wildman–Crippen LogP) is 4.25. The summed E-state index contributed by atoms with van der Waals surface area (Å²) in [4.78, 5) is 28.4. The zero-order valence-corrected chi connectivity index (χ0v) is 20.8. The molecule has 0 bridgehead atoms. The lowest BCUT2D eigenvalue weighted by Crippen LogP contribution is -2.36. The van der Waals surface area contributed by atoms with E-state index >= 15 is 0 Å². The van der Waals surface area contributed by atoms with Gasteiger partial charge >= 0.3 is 6.09 Å². The molecular formula is C26H32N4O5. The van der Waals surface area contributed by atoms with Crippen molar-refractivity contribution in [2.45, 2.75) is 45.4 Å². The first-order valence-electron chi connectivity index (χ1n) is 11.4. The molecule has 1 heterocycles. The van der Waals surface area contributed by atoms with E-state index < -0.39 is 11.5 Å². The Bertz CT molecular complexity index is 1110. The van der Waals surface area contributed by atoms with Crippen molar-refractivity contribution >= 4 is 17.7 Å². The molecule has 1 atom stereocenters. The Labute approximate surface area is 206 Å². The second-order valence-corrected chi connectivity index (χ2v) is 9.28. The van der Waals surface area contributed by atoms with Gasteiger partial charge in [0.05, 0.1) is 26.3 Å². The minimum atomic E-state index is -0.559. The van der Waals surface area contributed by atoms with Crippen molar-refractivity contribution in [3.05, 3.63) is 53.6 Å². The molecule has 0 spiro atoms. The van der Waals surface area contributed by atoms with Gasteiger partial charge in [0, 0.05) is 24.8 Å². The van der Waals surface area contributed by atoms with Gasteiger partial charge in [-0.25, -0.2) is 9.69 Å². The summed E-state index contributed by atoms with van der Waals surface area (Å²) in [5.74, 6) is 0.665. The number of likely N-dealkylation sites (tertiary alicyclic amines) is 1. The van der Waals surface area contributed by atoms with Crippen LogP contribution in [0.4, 0.5) is 10.5 Å². The Morgan fingerprint density at radius 3 is 2.51 bits per heavy atom. The first-order chi connectivity index (χ1) is 16.6. The van der Waals surface area contributed by atoms with Gasteiger partial charge in [0.25, 0.3) is 5.91 Å². The number of ether oxygens (including phenoxy) is 3. The van der Waals surface area contributed by atoms with E-state index in [1.807, 2.05) is 33.0 Å². The Hall–Kier alpha value is -3.93. The Morgan fingerprint density at radius 1 is 1.14 bits per heavy atom. The van der Waals surface area contributed by atoms with Crippen molar-refractivity contribution in [3.63, 3.8) is 0 Å². The summed E-state index contributed by atoms with van der Waals surface area (Å²) in [6.07, 6.45) is 2.36. The molecule has 0 aromatic heterocycles. The molecule has 0 unspecified atom stereocenters. The third kappa shape index (κ3) is 6.57. The van der Waals surface area contributed by atoms with Gasteiger partial charge in [0.2, 0.25) is 0 Å². The third-order valence-electron chi connectivity index (χ3n) is 5.51. The summed E-state index contributed by atoms with van der Waals surface area (Å²) < 4.78 is 16.0. The van der Waals surface area contributed by atoms with Crippen LogP contribution in [0.25, 0.3) is 0 Å². The minimum absolute atomic E-state index is 0.0437. The highest BCUT2D eigenvalue weighted by atomic mass is 16.6. The molecule has 35 heavy (non-hydrogen) atoms. The molecule has 1 aliphatic rings. The number of rotatable bonds is 7. The van der Waals surface area contributed by atoms with Crippen LogP contribution in [0.3, 0.4) is 0 Å². The van der Waals surface area contributed by atoms with Crippen LogP contribution in [0.1, 0.15) is 43.1 Å². The van der Waals surface area contributed by atoms with Crippen molar-refractivity contribution in [1.29, 1.82) is 5.26 Å². The van der Waals surface area contributed by atoms with Crippen LogP contribution in [0.15, 0.2) is 42.5 Å². The highest BCUT2D eigenvalue weighted by molar-refractivity contribution is 6.00. The van der Waals surface area contributed by atoms with E-state index in [4.69, 9.17) is 14.2 Å². The zero-order valence-electron chi connectivity index (χ0n) is 20.8. The SMILES string of the molecule is COc1ccc(CN(C#N)C(=O)c2ccccc2N[C@H]2CCN(C(=O)OC(C)(C)C)C2)cc1OC. The van der Waals surface area contributed by atoms with E-state index in [1.54, 1.807) is 48.4 Å². The molecule has 2 aromatic rings. The maximum atomic E-state index is 13.3. The lowest BCUT2D eigenvalue weighted by molar-refractivity contribution is 0.0293. The van der Waals surface area contributed by atoms with Crippen molar-refractivity contribution in [2.75, 3.05) is 32.6 Å². The fourth-order valence-electron chi connectivity index (χ4n) is 3.85. The van der Waals surface area contributed by atoms with Crippen LogP contribution >= 0.6 is 0 Å². The standard InChI is InChI=1S/C26H32N4O5/c1-26(2,3)35-25(32)29-13-12-19(16-29)28-21-9-7-6-8-20(21)24(31)30(17-27)15-18-10-11-22(33-4)23(14-18)34-5/h6-11,14,19,28H,12-13,15-16H2,1-5H3/t19-/m0/s1. The Kier molecular flexibility index (Phi) is 8.07. The molecule has 9 nitrogen and oxygen atoms in total. The van der Waals surface area contributed by atoms with E-state index in [2.05, 4.69) is 5.32 Å². The number of nitrogens with zero attached hydrogens (tertiary/aromatic N) is 3. The van der Waals surface area contributed by atoms with Gasteiger partial charge in [0.1, 0.15) is 5.60 Å². The molecular weight excluding hydrogens is 448 g/mol.